The summed E-state index contributed by atoms with van der Waals surface area (Å²) < 4.78 is 5.79. The maximum Gasteiger partial charge on any atom is 0.259 e. The summed E-state index contributed by atoms with van der Waals surface area (Å²) in [5.74, 6) is -0.0494. The average Bonchev–Trinajstić information content (AvgIpc) is 4.07. The number of aromatic nitrogens is 1. The number of aliphatic hydroxyl groups excluding tert-OH is 1. The third-order valence-corrected chi connectivity index (χ3v) is 9.51. The van der Waals surface area contributed by atoms with Gasteiger partial charge in [0.25, 0.3) is 5.91 Å². The van der Waals surface area contributed by atoms with Crippen molar-refractivity contribution >= 4 is 41.7 Å². The molecule has 0 bridgehead atoms. The Kier molecular flexibility index (Phi) is 17.5. The second-order valence-electron chi connectivity index (χ2n) is 14.9. The zero-order valence-electron chi connectivity index (χ0n) is 33.3. The minimum absolute atomic E-state index is 0.135. The van der Waals surface area contributed by atoms with Gasteiger partial charge in [-0.3, -0.25) is 29.5 Å². The fourth-order valence-electron chi connectivity index (χ4n) is 6.38. The standard InChI is InChI=1S/C23H32N4O3.C16H22N4O3.C3H6/c1-16(2)30-22-13-21(24)17(14-26-18-8-5-4-6-9-18)12-20(22)23(29)27-19(15-28)10-7-11-25-3;1-19-6-7-20(10-12(21)9-19)14-4-2-11(8-17-14)13-3-5-15(22)18-16(13)23;1-2-3-1/h7,10-16,18,25H,4-6,8-9,24H2,1-3H3,(H,27,29);2,4,8,12-13,21H,3,5-7,9-10H2,1H3,(H,18,22,23);1-3H2/b11-7-,19-10+,26-14?;;. The van der Waals surface area contributed by atoms with Gasteiger partial charge in [-0.25, -0.2) is 4.98 Å². The van der Waals surface area contributed by atoms with Gasteiger partial charge in [-0.15, -0.1) is 0 Å². The number of aldehydes is 1. The number of aliphatic hydroxyl groups is 1. The van der Waals surface area contributed by atoms with Crippen molar-refractivity contribution in [2.75, 3.05) is 50.9 Å². The molecule has 6 N–H and O–H groups in total. The van der Waals surface area contributed by atoms with Crippen LogP contribution in [0.1, 0.15) is 105 Å². The zero-order valence-corrected chi connectivity index (χ0v) is 33.3. The van der Waals surface area contributed by atoms with Crippen LogP contribution >= 0.6 is 0 Å². The lowest BCUT2D eigenvalue weighted by atomic mass is 9.92. The lowest BCUT2D eigenvalue weighted by molar-refractivity contribution is -0.134. The number of nitrogens with two attached hydrogens (primary N) is 1. The molecule has 14 heteroatoms. The molecule has 4 fully saturated rings. The molecule has 14 nitrogen and oxygen atoms in total. The molecule has 1 aromatic carbocycles. The van der Waals surface area contributed by atoms with E-state index in [1.807, 2.05) is 33.0 Å². The highest BCUT2D eigenvalue weighted by molar-refractivity contribution is 6.03. The number of amides is 3. The van der Waals surface area contributed by atoms with Crippen LogP contribution in [0.25, 0.3) is 0 Å². The summed E-state index contributed by atoms with van der Waals surface area (Å²) >= 11 is 0. The molecule has 2 atom stereocenters. The van der Waals surface area contributed by atoms with Gasteiger partial charge >= 0.3 is 0 Å². The molecular formula is C42H60N8O6. The average molecular weight is 773 g/mol. The number of likely N-dealkylation sites (N-methyl/N-ethyl adjacent to an activating group) is 1. The number of aliphatic imine (C=N–C) groups is 1. The first-order valence-corrected chi connectivity index (χ1v) is 19.8. The minimum atomic E-state index is -0.450. The van der Waals surface area contributed by atoms with E-state index in [1.54, 1.807) is 43.9 Å². The van der Waals surface area contributed by atoms with E-state index in [9.17, 15) is 24.3 Å². The third-order valence-electron chi connectivity index (χ3n) is 9.51. The number of ether oxygens (including phenoxy) is 1. The molecule has 2 aliphatic carbocycles. The Labute approximate surface area is 331 Å². The van der Waals surface area contributed by atoms with Crippen LogP contribution < -0.4 is 31.3 Å². The van der Waals surface area contributed by atoms with Crippen LogP contribution in [0.2, 0.25) is 0 Å². The molecule has 0 radical (unpaired) electrons. The number of nitrogens with zero attached hydrogens (tertiary/aromatic N) is 4. The van der Waals surface area contributed by atoms with E-state index in [-0.39, 0.29) is 29.5 Å². The SMILES string of the molecule is C1CC1.CN/C=C\C=C(/C=O)NC(=O)c1cc(C=NC2CCCCC2)c(N)cc1OC(C)C.CN1CCN(c2ccc(C3CCC(=O)NC3=O)cn2)CC(O)C1. The molecule has 0 spiro atoms. The zero-order chi connectivity index (χ0) is 40.5. The molecule has 4 aliphatic rings. The summed E-state index contributed by atoms with van der Waals surface area (Å²) in [5, 5.41) is 17.8. The summed E-state index contributed by atoms with van der Waals surface area (Å²) in [4.78, 5) is 60.6. The van der Waals surface area contributed by atoms with Gasteiger partial charge in [0, 0.05) is 75.4 Å². The van der Waals surface area contributed by atoms with Gasteiger partial charge in [-0.2, -0.15) is 0 Å². The minimum Gasteiger partial charge on any atom is -0.490 e. The number of nitrogens with one attached hydrogen (secondary N) is 3. The molecule has 2 unspecified atom stereocenters. The summed E-state index contributed by atoms with van der Waals surface area (Å²) in [6.45, 7) is 6.62. The number of allylic oxidation sites excluding steroid dienone is 3. The second kappa shape index (κ2) is 22.5. The molecule has 2 aromatic rings. The lowest BCUT2D eigenvalue weighted by Gasteiger charge is -2.24. The smallest absolute Gasteiger partial charge is 0.259 e. The Balaban J connectivity index is 0.000000237. The largest absolute Gasteiger partial charge is 0.490 e. The van der Waals surface area contributed by atoms with Crippen molar-refractivity contribution in [3.8, 4) is 5.75 Å². The molecule has 2 aliphatic heterocycles. The number of carbonyl (C=O) groups excluding carboxylic acids is 4. The van der Waals surface area contributed by atoms with Crippen molar-refractivity contribution in [3.05, 3.63) is 71.2 Å². The Morgan fingerprint density at radius 1 is 1.07 bits per heavy atom. The normalized spacial score (nSPS) is 20.7. The number of rotatable bonds is 11. The number of piperidine rings is 1. The molecule has 3 heterocycles. The summed E-state index contributed by atoms with van der Waals surface area (Å²) in [5.41, 5.74) is 8.61. The number of anilines is 2. The maximum atomic E-state index is 12.9. The van der Waals surface area contributed by atoms with Crippen LogP contribution in [0.5, 0.6) is 5.75 Å². The van der Waals surface area contributed by atoms with Crippen LogP contribution in [0.15, 0.2) is 59.5 Å². The van der Waals surface area contributed by atoms with E-state index < -0.39 is 12.0 Å². The highest BCUT2D eigenvalue weighted by atomic mass is 16.5. The maximum absolute atomic E-state index is 12.9. The number of hydrogen-bond acceptors (Lipinski definition) is 12. The molecule has 304 valence electrons. The van der Waals surface area contributed by atoms with Crippen LogP contribution in [0.3, 0.4) is 0 Å². The molecule has 2 saturated heterocycles. The number of pyridine rings is 1. The fraction of sp³-hybridized carbons (Fsp3) is 0.524. The van der Waals surface area contributed by atoms with E-state index in [0.717, 1.165) is 37.3 Å². The Bertz CT molecular complexity index is 1700. The van der Waals surface area contributed by atoms with Gasteiger partial charge in [0.15, 0.2) is 6.29 Å². The Hall–Kier alpha value is -5.08. The first kappa shape index (κ1) is 43.6. The quantitative estimate of drug-likeness (QED) is 0.0549. The number of carbonyl (C=O) groups is 4. The van der Waals surface area contributed by atoms with Crippen LogP contribution in [0, 0.1) is 0 Å². The Morgan fingerprint density at radius 2 is 1.80 bits per heavy atom. The van der Waals surface area contributed by atoms with Crippen molar-refractivity contribution in [2.45, 2.75) is 102 Å². The number of benzene rings is 1. The highest BCUT2D eigenvalue weighted by Gasteiger charge is 2.28. The van der Waals surface area contributed by atoms with E-state index >= 15 is 0 Å². The number of nitrogen functional groups attached to an aromatic ring is 1. The van der Waals surface area contributed by atoms with Crippen LogP contribution in [0.4, 0.5) is 11.5 Å². The monoisotopic (exact) mass is 772 g/mol. The van der Waals surface area contributed by atoms with Crippen LogP contribution in [-0.2, 0) is 14.4 Å². The lowest BCUT2D eigenvalue weighted by Crippen LogP contribution is -2.39. The number of β-amino-alcohol motifs (C(OH)–C–C–N with tert-alkyl or cyclic N) is 1. The molecule has 1 aromatic heterocycles. The summed E-state index contributed by atoms with van der Waals surface area (Å²) in [7, 11) is 3.73. The number of imide groups is 1. The fourth-order valence-corrected chi connectivity index (χ4v) is 6.38. The van der Waals surface area contributed by atoms with Crippen molar-refractivity contribution in [1.29, 1.82) is 0 Å². The van der Waals surface area contributed by atoms with E-state index in [2.05, 4.69) is 35.7 Å². The van der Waals surface area contributed by atoms with E-state index in [0.29, 0.717) is 60.8 Å². The van der Waals surface area contributed by atoms with Crippen molar-refractivity contribution < 1.29 is 29.0 Å². The van der Waals surface area contributed by atoms with E-state index in [4.69, 9.17) is 10.5 Å². The number of hydrogen-bond donors (Lipinski definition) is 5. The van der Waals surface area contributed by atoms with Gasteiger partial charge in [0.1, 0.15) is 11.6 Å². The van der Waals surface area contributed by atoms with Gasteiger partial charge in [-0.05, 0) is 76.2 Å². The molecule has 56 heavy (non-hydrogen) atoms. The van der Waals surface area contributed by atoms with Gasteiger partial charge in [0.2, 0.25) is 11.8 Å². The van der Waals surface area contributed by atoms with Gasteiger partial charge in [-0.1, -0.05) is 44.6 Å². The molecule has 3 amide bonds. The van der Waals surface area contributed by atoms with Gasteiger partial charge < -0.3 is 36.0 Å². The molecular weight excluding hydrogens is 713 g/mol. The first-order valence-electron chi connectivity index (χ1n) is 19.8. The summed E-state index contributed by atoms with van der Waals surface area (Å²) in [6, 6.07) is 7.38. The van der Waals surface area contributed by atoms with Crippen molar-refractivity contribution in [3.63, 3.8) is 0 Å². The molecule has 6 rings (SSSR count). The topological polar surface area (TPSA) is 192 Å². The Morgan fingerprint density at radius 3 is 2.43 bits per heavy atom. The third kappa shape index (κ3) is 14.5. The molecule has 2 saturated carbocycles. The van der Waals surface area contributed by atoms with Gasteiger partial charge in [0.05, 0.1) is 29.4 Å². The predicted molar refractivity (Wildman–Crippen MR) is 220 cm³/mol. The first-order chi connectivity index (χ1) is 27.0. The second-order valence-corrected chi connectivity index (χ2v) is 14.9. The van der Waals surface area contributed by atoms with E-state index in [1.165, 1.54) is 44.6 Å². The van der Waals surface area contributed by atoms with Crippen LogP contribution in [-0.4, -0.2) is 104 Å². The highest BCUT2D eigenvalue weighted by Crippen LogP contribution is 2.28. The van der Waals surface area contributed by atoms with Crippen molar-refractivity contribution in [1.82, 2.24) is 25.8 Å². The van der Waals surface area contributed by atoms with Crippen molar-refractivity contribution in [2.24, 2.45) is 4.99 Å². The predicted octanol–water partition coefficient (Wildman–Crippen LogP) is 4.24. The summed E-state index contributed by atoms with van der Waals surface area (Å²) in [6.07, 6.45) is 19.4.